The summed E-state index contributed by atoms with van der Waals surface area (Å²) in [6, 6.07) is 13.1. The van der Waals surface area contributed by atoms with Crippen LogP contribution in [0.3, 0.4) is 0 Å². The number of carbonyl (C=O) groups excluding carboxylic acids is 2. The van der Waals surface area contributed by atoms with Gasteiger partial charge in [0.1, 0.15) is 6.54 Å². The lowest BCUT2D eigenvalue weighted by atomic mass is 10.1. The third-order valence-corrected chi connectivity index (χ3v) is 4.91. The largest absolute Gasteiger partial charge is 0.324 e. The molecule has 0 fully saturated rings. The van der Waals surface area contributed by atoms with E-state index in [1.807, 2.05) is 64.1 Å². The number of nitrogens with zero attached hydrogens (tertiary/aromatic N) is 2. The van der Waals surface area contributed by atoms with Crippen molar-refractivity contribution >= 4 is 23.2 Å². The first kappa shape index (κ1) is 19.4. The highest BCUT2D eigenvalue weighted by Gasteiger charge is 2.13. The van der Waals surface area contributed by atoms with Crippen LogP contribution in [0.5, 0.6) is 0 Å². The summed E-state index contributed by atoms with van der Waals surface area (Å²) in [5.74, 6) is -0.499. The molecule has 0 atom stereocenters. The summed E-state index contributed by atoms with van der Waals surface area (Å²) in [5, 5.41) is 9.99. The Balaban J connectivity index is 1.65. The van der Waals surface area contributed by atoms with Crippen molar-refractivity contribution in [2.24, 2.45) is 0 Å². The molecule has 0 saturated heterocycles. The van der Waals surface area contributed by atoms with Gasteiger partial charge in [0.15, 0.2) is 5.69 Å². The monoisotopic (exact) mass is 376 g/mol. The van der Waals surface area contributed by atoms with Gasteiger partial charge in [0, 0.05) is 17.6 Å². The average Bonchev–Trinajstić information content (AvgIpc) is 3.11. The van der Waals surface area contributed by atoms with Crippen LogP contribution in [0.2, 0.25) is 0 Å². The first-order valence-corrected chi connectivity index (χ1v) is 9.12. The number of benzene rings is 2. The second-order valence-corrected chi connectivity index (χ2v) is 6.90. The number of anilines is 2. The molecule has 3 aromatic rings. The molecule has 0 aliphatic carbocycles. The Hall–Kier alpha value is -3.41. The molecule has 0 saturated carbocycles. The molecule has 2 aromatic carbocycles. The zero-order chi connectivity index (χ0) is 20.3. The van der Waals surface area contributed by atoms with Crippen LogP contribution in [0.4, 0.5) is 11.4 Å². The first-order valence-electron chi connectivity index (χ1n) is 9.12. The standard InChI is InChI=1S/C22H24N4O2/c1-14-7-5-9-18(16(14)3)23-21(27)13-26-12-11-20(25-26)22(28)24-19-10-6-8-15(2)17(19)4/h5-12H,13H2,1-4H3,(H,23,27)(H,24,28). The predicted octanol–water partition coefficient (Wildman–Crippen LogP) is 4.01. The molecule has 144 valence electrons. The summed E-state index contributed by atoms with van der Waals surface area (Å²) in [6.07, 6.45) is 1.63. The summed E-state index contributed by atoms with van der Waals surface area (Å²) >= 11 is 0. The van der Waals surface area contributed by atoms with E-state index in [-0.39, 0.29) is 24.1 Å². The molecule has 0 spiro atoms. The molecule has 0 unspecified atom stereocenters. The molecule has 6 heteroatoms. The van der Waals surface area contributed by atoms with Gasteiger partial charge in [0.2, 0.25) is 5.91 Å². The molecule has 28 heavy (non-hydrogen) atoms. The van der Waals surface area contributed by atoms with Crippen LogP contribution in [-0.4, -0.2) is 21.6 Å². The smallest absolute Gasteiger partial charge is 0.276 e. The van der Waals surface area contributed by atoms with Crippen LogP contribution in [0.1, 0.15) is 32.7 Å². The maximum Gasteiger partial charge on any atom is 0.276 e. The summed E-state index contributed by atoms with van der Waals surface area (Å²) < 4.78 is 1.46. The second-order valence-electron chi connectivity index (χ2n) is 6.90. The minimum atomic E-state index is -0.303. The Morgan fingerprint density at radius 1 is 0.857 bits per heavy atom. The lowest BCUT2D eigenvalue weighted by Gasteiger charge is -2.10. The van der Waals surface area contributed by atoms with E-state index in [0.717, 1.165) is 33.6 Å². The highest BCUT2D eigenvalue weighted by Crippen LogP contribution is 2.19. The van der Waals surface area contributed by atoms with Crippen LogP contribution in [0.15, 0.2) is 48.7 Å². The molecule has 1 aromatic heterocycles. The van der Waals surface area contributed by atoms with Crippen LogP contribution in [0, 0.1) is 27.7 Å². The lowest BCUT2D eigenvalue weighted by molar-refractivity contribution is -0.116. The summed E-state index contributed by atoms with van der Waals surface area (Å²) in [5.41, 5.74) is 6.07. The molecule has 6 nitrogen and oxygen atoms in total. The van der Waals surface area contributed by atoms with E-state index in [4.69, 9.17) is 0 Å². The molecule has 2 N–H and O–H groups in total. The van der Waals surface area contributed by atoms with Crippen molar-refractivity contribution in [2.45, 2.75) is 34.2 Å². The van der Waals surface area contributed by atoms with Gasteiger partial charge in [-0.1, -0.05) is 24.3 Å². The Labute approximate surface area is 164 Å². The number of hydrogen-bond donors (Lipinski definition) is 2. The van der Waals surface area contributed by atoms with Crippen molar-refractivity contribution in [3.05, 3.63) is 76.6 Å². The molecule has 0 radical (unpaired) electrons. The number of rotatable bonds is 5. The highest BCUT2D eigenvalue weighted by molar-refractivity contribution is 6.03. The summed E-state index contributed by atoms with van der Waals surface area (Å²) in [7, 11) is 0. The Morgan fingerprint density at radius 3 is 2.04 bits per heavy atom. The number of aryl methyl sites for hydroxylation is 2. The minimum absolute atomic E-state index is 0.0319. The summed E-state index contributed by atoms with van der Waals surface area (Å²) in [4.78, 5) is 24.8. The average molecular weight is 376 g/mol. The molecule has 0 aliphatic rings. The topological polar surface area (TPSA) is 76.0 Å². The molecule has 1 heterocycles. The van der Waals surface area contributed by atoms with Gasteiger partial charge in [0.05, 0.1) is 0 Å². The Morgan fingerprint density at radius 2 is 1.43 bits per heavy atom. The highest BCUT2D eigenvalue weighted by atomic mass is 16.2. The molecular formula is C22H24N4O2. The van der Waals surface area contributed by atoms with E-state index in [9.17, 15) is 9.59 Å². The summed E-state index contributed by atoms with van der Waals surface area (Å²) in [6.45, 7) is 7.95. The van der Waals surface area contributed by atoms with Gasteiger partial charge in [-0.15, -0.1) is 0 Å². The third-order valence-electron chi connectivity index (χ3n) is 4.91. The van der Waals surface area contributed by atoms with Crippen molar-refractivity contribution in [3.63, 3.8) is 0 Å². The van der Waals surface area contributed by atoms with Gasteiger partial charge in [-0.25, -0.2) is 0 Å². The van der Waals surface area contributed by atoms with Gasteiger partial charge in [-0.05, 0) is 68.1 Å². The number of aromatic nitrogens is 2. The van der Waals surface area contributed by atoms with Gasteiger partial charge in [-0.3, -0.25) is 14.3 Å². The van der Waals surface area contributed by atoms with Crippen molar-refractivity contribution < 1.29 is 9.59 Å². The van der Waals surface area contributed by atoms with Crippen LogP contribution in [-0.2, 0) is 11.3 Å². The van der Waals surface area contributed by atoms with E-state index < -0.39 is 0 Å². The van der Waals surface area contributed by atoms with Gasteiger partial charge in [0.25, 0.3) is 5.91 Å². The van der Waals surface area contributed by atoms with E-state index >= 15 is 0 Å². The number of amides is 2. The lowest BCUT2D eigenvalue weighted by Crippen LogP contribution is -2.20. The van der Waals surface area contributed by atoms with Crippen molar-refractivity contribution in [1.82, 2.24) is 9.78 Å². The Kier molecular flexibility index (Phi) is 5.59. The fourth-order valence-corrected chi connectivity index (χ4v) is 2.87. The van der Waals surface area contributed by atoms with Crippen LogP contribution >= 0.6 is 0 Å². The van der Waals surface area contributed by atoms with E-state index in [1.54, 1.807) is 12.3 Å². The number of hydrogen-bond acceptors (Lipinski definition) is 3. The zero-order valence-corrected chi connectivity index (χ0v) is 16.5. The Bertz CT molecular complexity index is 1040. The molecule has 3 rings (SSSR count). The third kappa shape index (κ3) is 4.28. The van der Waals surface area contributed by atoms with Gasteiger partial charge in [-0.2, -0.15) is 5.10 Å². The second kappa shape index (κ2) is 8.08. The van der Waals surface area contributed by atoms with Crippen molar-refractivity contribution in [2.75, 3.05) is 10.6 Å². The predicted molar refractivity (Wildman–Crippen MR) is 111 cm³/mol. The van der Waals surface area contributed by atoms with Crippen molar-refractivity contribution in [1.29, 1.82) is 0 Å². The number of carbonyl (C=O) groups is 2. The molecule has 2 amide bonds. The van der Waals surface area contributed by atoms with Gasteiger partial charge < -0.3 is 10.6 Å². The maximum absolute atomic E-state index is 12.5. The quantitative estimate of drug-likeness (QED) is 0.706. The number of nitrogens with one attached hydrogen (secondary N) is 2. The van der Waals surface area contributed by atoms with Crippen LogP contribution < -0.4 is 10.6 Å². The van der Waals surface area contributed by atoms with Gasteiger partial charge >= 0.3 is 0 Å². The molecule has 0 aliphatic heterocycles. The van der Waals surface area contributed by atoms with E-state index in [2.05, 4.69) is 15.7 Å². The van der Waals surface area contributed by atoms with E-state index in [0.29, 0.717) is 0 Å². The first-order chi connectivity index (χ1) is 13.3. The van der Waals surface area contributed by atoms with Crippen LogP contribution in [0.25, 0.3) is 0 Å². The minimum Gasteiger partial charge on any atom is -0.324 e. The SMILES string of the molecule is Cc1cccc(NC(=O)Cn2ccc(C(=O)Nc3cccc(C)c3C)n2)c1C. The van der Waals surface area contributed by atoms with E-state index in [1.165, 1.54) is 4.68 Å². The normalized spacial score (nSPS) is 10.6. The maximum atomic E-state index is 12.5. The molecule has 0 bridgehead atoms. The van der Waals surface area contributed by atoms with Crippen molar-refractivity contribution in [3.8, 4) is 0 Å². The fourth-order valence-electron chi connectivity index (χ4n) is 2.87. The molecular weight excluding hydrogens is 352 g/mol. The fraction of sp³-hybridized carbons (Fsp3) is 0.227. The zero-order valence-electron chi connectivity index (χ0n) is 16.5.